The summed E-state index contributed by atoms with van der Waals surface area (Å²) in [5.74, 6) is 2.47. The average Bonchev–Trinajstić information content (AvgIpc) is 2.93. The lowest BCUT2D eigenvalue weighted by molar-refractivity contribution is 0.0745. The predicted octanol–water partition coefficient (Wildman–Crippen LogP) is 4.63. The van der Waals surface area contributed by atoms with Gasteiger partial charge in [0, 0.05) is 38.1 Å². The zero-order valence-electron chi connectivity index (χ0n) is 20.3. The normalized spacial score (nSPS) is 19.5. The minimum absolute atomic E-state index is 0.189. The molecule has 0 N–H and O–H groups in total. The summed E-state index contributed by atoms with van der Waals surface area (Å²) in [4.78, 5) is 9.45. The second-order valence-electron chi connectivity index (χ2n) is 8.98. The van der Waals surface area contributed by atoms with Crippen LogP contribution in [-0.4, -0.2) is 67.3 Å². The van der Waals surface area contributed by atoms with E-state index in [2.05, 4.69) is 33.0 Å². The van der Waals surface area contributed by atoms with Crippen LogP contribution in [0.15, 0.2) is 78.8 Å². The number of rotatable bonds is 9. The third-order valence-electron chi connectivity index (χ3n) is 6.82. The highest BCUT2D eigenvalue weighted by molar-refractivity contribution is 5.86. The molecule has 3 aliphatic rings. The van der Waals surface area contributed by atoms with Crippen LogP contribution in [0, 0.1) is 0 Å². The first kappa shape index (κ1) is 23.5. The Morgan fingerprint density at radius 3 is 2.83 bits per heavy atom. The smallest absolute Gasteiger partial charge is 0.156 e. The number of pyridine rings is 1. The van der Waals surface area contributed by atoms with Crippen molar-refractivity contribution in [2.24, 2.45) is 0 Å². The highest BCUT2D eigenvalue weighted by atomic mass is 16.5. The molecule has 0 bridgehead atoms. The average molecular weight is 476 g/mol. The number of ether oxygens (including phenoxy) is 4. The molecule has 3 heterocycles. The number of hydrogen-bond donors (Lipinski definition) is 0. The molecule has 35 heavy (non-hydrogen) atoms. The molecular weight excluding hydrogens is 442 g/mol. The number of fused-ring (bicyclic) bond motifs is 1. The van der Waals surface area contributed by atoms with Crippen LogP contribution >= 0.6 is 0 Å². The third kappa shape index (κ3) is 5.86. The van der Waals surface area contributed by atoms with E-state index in [-0.39, 0.29) is 6.04 Å². The number of allylic oxidation sites excluding steroid dienone is 3. The Labute approximate surface area is 206 Å². The first-order valence-corrected chi connectivity index (χ1v) is 12.3. The standard InChI is InChI=1S/C28H33N3O4/c1-32-23-19-24-25(29-20-23)8-5-9-27(24)34-15-14-30-10-12-31(13-11-30)26(28-21-33-16-17-35-28)18-22-6-3-2-4-7-22/h2-3,5-6,8-9,16-17,19-21,26H,4,7,10-15,18H2,1H3. The maximum atomic E-state index is 6.17. The van der Waals surface area contributed by atoms with Gasteiger partial charge in [0.1, 0.15) is 36.9 Å². The van der Waals surface area contributed by atoms with Crippen molar-refractivity contribution in [3.63, 3.8) is 0 Å². The van der Waals surface area contributed by atoms with Crippen LogP contribution in [0.1, 0.15) is 19.3 Å². The van der Waals surface area contributed by atoms with Gasteiger partial charge in [0.2, 0.25) is 0 Å². The van der Waals surface area contributed by atoms with Crippen molar-refractivity contribution >= 4 is 10.9 Å². The molecule has 1 aromatic carbocycles. The molecule has 0 radical (unpaired) electrons. The molecular formula is C28H33N3O4. The van der Waals surface area contributed by atoms with Crippen molar-refractivity contribution in [1.29, 1.82) is 0 Å². The molecule has 1 fully saturated rings. The minimum atomic E-state index is 0.189. The van der Waals surface area contributed by atoms with Gasteiger partial charge in [0.05, 0.1) is 24.9 Å². The number of nitrogens with zero attached hydrogens (tertiary/aromatic N) is 3. The van der Waals surface area contributed by atoms with Gasteiger partial charge >= 0.3 is 0 Å². The molecule has 0 spiro atoms. The van der Waals surface area contributed by atoms with Crippen molar-refractivity contribution in [2.45, 2.75) is 25.3 Å². The van der Waals surface area contributed by atoms with Crippen LogP contribution in [0.3, 0.4) is 0 Å². The van der Waals surface area contributed by atoms with Crippen LogP contribution in [0.5, 0.6) is 11.5 Å². The van der Waals surface area contributed by atoms with Crippen LogP contribution < -0.4 is 9.47 Å². The van der Waals surface area contributed by atoms with Gasteiger partial charge in [0.25, 0.3) is 0 Å². The van der Waals surface area contributed by atoms with Crippen LogP contribution in [0.2, 0.25) is 0 Å². The maximum Gasteiger partial charge on any atom is 0.156 e. The van der Waals surface area contributed by atoms with Crippen molar-refractivity contribution in [2.75, 3.05) is 46.4 Å². The SMILES string of the molecule is COc1cnc2cccc(OCCN3CCN(C(CC4=CC=CCC4)C4=COC=CO4)CC3)c2c1. The fraction of sp³-hybridized carbons (Fsp3) is 0.393. The third-order valence-corrected chi connectivity index (χ3v) is 6.82. The number of piperazine rings is 1. The van der Waals surface area contributed by atoms with E-state index in [1.165, 1.54) is 5.57 Å². The fourth-order valence-electron chi connectivity index (χ4n) is 4.83. The van der Waals surface area contributed by atoms with Crippen molar-refractivity contribution in [3.05, 3.63) is 78.8 Å². The lowest BCUT2D eigenvalue weighted by atomic mass is 9.96. The first-order chi connectivity index (χ1) is 17.3. The van der Waals surface area contributed by atoms with E-state index >= 15 is 0 Å². The molecule has 1 atom stereocenters. The van der Waals surface area contributed by atoms with E-state index in [0.717, 1.165) is 80.1 Å². The number of aromatic nitrogens is 1. The maximum absolute atomic E-state index is 6.17. The number of hydrogen-bond acceptors (Lipinski definition) is 7. The minimum Gasteiger partial charge on any atom is -0.495 e. The second kappa shape index (κ2) is 11.4. The Balaban J connectivity index is 1.16. The summed E-state index contributed by atoms with van der Waals surface area (Å²) in [5.41, 5.74) is 2.37. The monoisotopic (exact) mass is 475 g/mol. The lowest BCUT2D eigenvalue weighted by Gasteiger charge is -2.40. The molecule has 2 aliphatic heterocycles. The van der Waals surface area contributed by atoms with E-state index in [1.807, 2.05) is 24.3 Å². The summed E-state index contributed by atoms with van der Waals surface area (Å²) >= 11 is 0. The van der Waals surface area contributed by atoms with Gasteiger partial charge < -0.3 is 18.9 Å². The first-order valence-electron chi connectivity index (χ1n) is 12.3. The molecule has 1 aromatic heterocycles. The molecule has 184 valence electrons. The second-order valence-corrected chi connectivity index (χ2v) is 8.98. The van der Waals surface area contributed by atoms with Crippen molar-refractivity contribution < 1.29 is 18.9 Å². The van der Waals surface area contributed by atoms with Gasteiger partial charge in [-0.2, -0.15) is 0 Å². The van der Waals surface area contributed by atoms with Crippen molar-refractivity contribution in [1.82, 2.24) is 14.8 Å². The molecule has 1 saturated heterocycles. The molecule has 5 rings (SSSR count). The summed E-state index contributed by atoms with van der Waals surface area (Å²) in [7, 11) is 1.65. The zero-order chi connectivity index (χ0) is 23.9. The van der Waals surface area contributed by atoms with Crippen LogP contribution in [-0.2, 0) is 9.47 Å². The summed E-state index contributed by atoms with van der Waals surface area (Å²) in [6.07, 6.45) is 16.5. The van der Waals surface area contributed by atoms with Gasteiger partial charge in [-0.05, 0) is 37.5 Å². The zero-order valence-corrected chi connectivity index (χ0v) is 20.3. The summed E-state index contributed by atoms with van der Waals surface area (Å²) in [6, 6.07) is 8.14. The van der Waals surface area contributed by atoms with E-state index in [4.69, 9.17) is 18.9 Å². The molecule has 0 saturated carbocycles. The molecule has 7 nitrogen and oxygen atoms in total. The Morgan fingerprint density at radius 1 is 1.14 bits per heavy atom. The van der Waals surface area contributed by atoms with Crippen LogP contribution in [0.25, 0.3) is 10.9 Å². The summed E-state index contributed by atoms with van der Waals surface area (Å²) < 4.78 is 22.8. The van der Waals surface area contributed by atoms with Crippen molar-refractivity contribution in [3.8, 4) is 11.5 Å². The predicted molar refractivity (Wildman–Crippen MR) is 136 cm³/mol. The van der Waals surface area contributed by atoms with Gasteiger partial charge in [-0.15, -0.1) is 0 Å². The Kier molecular flexibility index (Phi) is 7.66. The lowest BCUT2D eigenvalue weighted by Crippen LogP contribution is -2.51. The summed E-state index contributed by atoms with van der Waals surface area (Å²) in [6.45, 7) is 5.46. The highest BCUT2D eigenvalue weighted by Crippen LogP contribution is 2.28. The fourth-order valence-corrected chi connectivity index (χ4v) is 4.83. The van der Waals surface area contributed by atoms with E-state index in [9.17, 15) is 0 Å². The van der Waals surface area contributed by atoms with Gasteiger partial charge in [0.15, 0.2) is 5.76 Å². The topological polar surface area (TPSA) is 56.3 Å². The summed E-state index contributed by atoms with van der Waals surface area (Å²) in [5, 5.41) is 0.975. The van der Waals surface area contributed by atoms with Gasteiger partial charge in [-0.3, -0.25) is 14.8 Å². The van der Waals surface area contributed by atoms with Gasteiger partial charge in [-0.25, -0.2) is 0 Å². The Hall–Kier alpha value is -3.29. The van der Waals surface area contributed by atoms with E-state index in [0.29, 0.717) is 6.61 Å². The number of methoxy groups -OCH3 is 1. The molecule has 1 aliphatic carbocycles. The largest absolute Gasteiger partial charge is 0.495 e. The molecule has 0 amide bonds. The number of benzene rings is 1. The molecule has 1 unspecified atom stereocenters. The van der Waals surface area contributed by atoms with Crippen LogP contribution in [0.4, 0.5) is 0 Å². The highest BCUT2D eigenvalue weighted by Gasteiger charge is 2.29. The quantitative estimate of drug-likeness (QED) is 0.524. The molecule has 7 heteroatoms. The van der Waals surface area contributed by atoms with E-state index < -0.39 is 0 Å². The van der Waals surface area contributed by atoms with E-state index in [1.54, 1.807) is 32.1 Å². The Bertz CT molecular complexity index is 1130. The van der Waals surface area contributed by atoms with Gasteiger partial charge in [-0.1, -0.05) is 29.9 Å². The Morgan fingerprint density at radius 2 is 2.06 bits per heavy atom. The molecule has 2 aromatic rings.